The van der Waals surface area contributed by atoms with Gasteiger partial charge in [0.25, 0.3) is 0 Å². The number of ether oxygens (including phenoxy) is 3. The van der Waals surface area contributed by atoms with Gasteiger partial charge in [-0.25, -0.2) is 0 Å². The monoisotopic (exact) mass is 312 g/mol. The Morgan fingerprint density at radius 3 is 2.17 bits per heavy atom. The Balaban J connectivity index is 1.60. The lowest BCUT2D eigenvalue weighted by Gasteiger charge is -2.21. The van der Waals surface area contributed by atoms with Gasteiger partial charge in [-0.15, -0.1) is 0 Å². The van der Waals surface area contributed by atoms with Crippen LogP contribution in [0.25, 0.3) is 0 Å². The van der Waals surface area contributed by atoms with Crippen LogP contribution in [0.1, 0.15) is 26.2 Å². The van der Waals surface area contributed by atoms with Gasteiger partial charge in [-0.3, -0.25) is 4.79 Å². The van der Waals surface area contributed by atoms with Crippen molar-refractivity contribution in [2.24, 2.45) is 0 Å². The number of esters is 1. The van der Waals surface area contributed by atoms with Gasteiger partial charge >= 0.3 is 5.97 Å². The van der Waals surface area contributed by atoms with E-state index in [1.54, 1.807) is 0 Å². The predicted octanol–water partition coefficient (Wildman–Crippen LogP) is 4.34. The van der Waals surface area contributed by atoms with Gasteiger partial charge in [-0.1, -0.05) is 18.2 Å². The lowest BCUT2D eigenvalue weighted by molar-refractivity contribution is -0.149. The third-order valence-corrected chi connectivity index (χ3v) is 3.80. The fraction of sp³-hybridized carbons (Fsp3) is 0.316. The van der Waals surface area contributed by atoms with Gasteiger partial charge in [0.2, 0.25) is 0 Å². The van der Waals surface area contributed by atoms with E-state index in [2.05, 4.69) is 0 Å². The number of carbonyl (C=O) groups is 1. The Kier molecular flexibility index (Phi) is 4.81. The summed E-state index contributed by atoms with van der Waals surface area (Å²) in [5, 5.41) is 0. The van der Waals surface area contributed by atoms with E-state index in [4.69, 9.17) is 14.2 Å². The van der Waals surface area contributed by atoms with Crippen LogP contribution in [0, 0.1) is 0 Å². The largest absolute Gasteiger partial charge is 0.487 e. The normalized spacial score (nSPS) is 20.0. The van der Waals surface area contributed by atoms with Gasteiger partial charge < -0.3 is 14.2 Å². The Morgan fingerprint density at radius 2 is 1.48 bits per heavy atom. The first-order valence-electron chi connectivity index (χ1n) is 7.87. The Morgan fingerprint density at radius 1 is 0.870 bits per heavy atom. The average molecular weight is 312 g/mol. The van der Waals surface area contributed by atoms with Crippen LogP contribution in [0.2, 0.25) is 0 Å². The molecule has 1 saturated carbocycles. The Hall–Kier alpha value is -2.49. The van der Waals surface area contributed by atoms with E-state index in [-0.39, 0.29) is 18.2 Å². The summed E-state index contributed by atoms with van der Waals surface area (Å²) in [5.41, 5.74) is 0. The molecule has 1 aliphatic rings. The van der Waals surface area contributed by atoms with Crippen LogP contribution in [0.15, 0.2) is 54.6 Å². The molecule has 3 rings (SSSR count). The summed E-state index contributed by atoms with van der Waals surface area (Å²) in [5.74, 6) is 2.06. The van der Waals surface area contributed by atoms with E-state index in [9.17, 15) is 4.79 Å². The molecule has 0 aromatic heterocycles. The van der Waals surface area contributed by atoms with Crippen molar-refractivity contribution in [3.8, 4) is 17.2 Å². The van der Waals surface area contributed by atoms with Crippen molar-refractivity contribution in [2.75, 3.05) is 0 Å². The number of hydrogen-bond acceptors (Lipinski definition) is 4. The lowest BCUT2D eigenvalue weighted by Crippen LogP contribution is -2.30. The zero-order chi connectivity index (χ0) is 16.1. The summed E-state index contributed by atoms with van der Waals surface area (Å²) in [6.45, 7) is 1.44. The highest BCUT2D eigenvalue weighted by molar-refractivity contribution is 5.66. The summed E-state index contributed by atoms with van der Waals surface area (Å²) in [7, 11) is 0. The SMILES string of the molecule is CC(=O)OC1CCCC1Oc1ccc(Oc2ccccc2)cc1. The van der Waals surface area contributed by atoms with Gasteiger partial charge in [0.1, 0.15) is 29.5 Å². The molecule has 0 spiro atoms. The summed E-state index contributed by atoms with van der Waals surface area (Å²) in [4.78, 5) is 11.1. The average Bonchev–Trinajstić information content (AvgIpc) is 2.96. The third-order valence-electron chi connectivity index (χ3n) is 3.80. The highest BCUT2D eigenvalue weighted by Crippen LogP contribution is 2.29. The second-order valence-corrected chi connectivity index (χ2v) is 5.62. The van der Waals surface area contributed by atoms with E-state index in [1.165, 1.54) is 6.92 Å². The lowest BCUT2D eigenvalue weighted by atomic mass is 10.2. The number of rotatable bonds is 5. The first kappa shape index (κ1) is 15.4. The minimum absolute atomic E-state index is 0.0696. The predicted molar refractivity (Wildman–Crippen MR) is 86.8 cm³/mol. The van der Waals surface area contributed by atoms with E-state index in [0.29, 0.717) is 0 Å². The fourth-order valence-electron chi connectivity index (χ4n) is 2.76. The molecule has 2 atom stereocenters. The fourth-order valence-corrected chi connectivity index (χ4v) is 2.76. The van der Waals surface area contributed by atoms with Crippen molar-refractivity contribution in [1.82, 2.24) is 0 Å². The highest BCUT2D eigenvalue weighted by Gasteiger charge is 2.31. The number of benzene rings is 2. The Labute approximate surface area is 136 Å². The topological polar surface area (TPSA) is 44.8 Å². The van der Waals surface area contributed by atoms with Crippen LogP contribution in [0.3, 0.4) is 0 Å². The molecule has 0 N–H and O–H groups in total. The molecular formula is C19H20O4. The van der Waals surface area contributed by atoms with Crippen molar-refractivity contribution in [2.45, 2.75) is 38.4 Å². The molecule has 1 fully saturated rings. The minimum atomic E-state index is -0.253. The first-order chi connectivity index (χ1) is 11.2. The summed E-state index contributed by atoms with van der Waals surface area (Å²) in [6, 6.07) is 17.1. The first-order valence-corrected chi connectivity index (χ1v) is 7.87. The number of para-hydroxylation sites is 1. The molecule has 4 nitrogen and oxygen atoms in total. The molecule has 0 radical (unpaired) electrons. The third kappa shape index (κ3) is 4.25. The standard InChI is InChI=1S/C19H20O4/c1-14(20)21-18-8-5-9-19(18)23-17-12-10-16(11-13-17)22-15-6-3-2-4-7-15/h2-4,6-7,10-13,18-19H,5,8-9H2,1H3. The van der Waals surface area contributed by atoms with E-state index in [1.807, 2.05) is 54.6 Å². The van der Waals surface area contributed by atoms with E-state index in [0.717, 1.165) is 36.5 Å². The zero-order valence-electron chi connectivity index (χ0n) is 13.1. The molecule has 1 aliphatic carbocycles. The minimum Gasteiger partial charge on any atom is -0.487 e. The Bertz CT molecular complexity index is 636. The molecule has 2 aromatic rings. The molecule has 0 heterocycles. The number of carbonyl (C=O) groups excluding carboxylic acids is 1. The molecule has 0 saturated heterocycles. The van der Waals surface area contributed by atoms with Crippen LogP contribution in [0.4, 0.5) is 0 Å². The smallest absolute Gasteiger partial charge is 0.303 e. The van der Waals surface area contributed by atoms with Crippen LogP contribution in [-0.4, -0.2) is 18.2 Å². The van der Waals surface area contributed by atoms with Gasteiger partial charge in [0, 0.05) is 6.92 Å². The molecule has 0 amide bonds. The van der Waals surface area contributed by atoms with Crippen molar-refractivity contribution < 1.29 is 19.0 Å². The summed E-state index contributed by atoms with van der Waals surface area (Å²) in [6.07, 6.45) is 2.56. The molecule has 4 heteroatoms. The van der Waals surface area contributed by atoms with Crippen molar-refractivity contribution in [3.63, 3.8) is 0 Å². The van der Waals surface area contributed by atoms with Gasteiger partial charge in [-0.2, -0.15) is 0 Å². The highest BCUT2D eigenvalue weighted by atomic mass is 16.6. The van der Waals surface area contributed by atoms with Crippen LogP contribution < -0.4 is 9.47 Å². The van der Waals surface area contributed by atoms with Gasteiger partial charge in [0.15, 0.2) is 0 Å². The molecular weight excluding hydrogens is 292 g/mol. The van der Waals surface area contributed by atoms with Gasteiger partial charge in [0.05, 0.1) is 0 Å². The maximum Gasteiger partial charge on any atom is 0.303 e. The quantitative estimate of drug-likeness (QED) is 0.770. The van der Waals surface area contributed by atoms with Crippen molar-refractivity contribution in [3.05, 3.63) is 54.6 Å². The summed E-state index contributed by atoms with van der Waals surface area (Å²) < 4.78 is 17.0. The second kappa shape index (κ2) is 7.18. The maximum absolute atomic E-state index is 11.1. The molecule has 23 heavy (non-hydrogen) atoms. The zero-order valence-corrected chi connectivity index (χ0v) is 13.1. The second-order valence-electron chi connectivity index (χ2n) is 5.62. The molecule has 120 valence electrons. The molecule has 2 unspecified atom stereocenters. The van der Waals surface area contributed by atoms with Crippen molar-refractivity contribution in [1.29, 1.82) is 0 Å². The van der Waals surface area contributed by atoms with Gasteiger partial charge in [-0.05, 0) is 55.7 Å². The van der Waals surface area contributed by atoms with Crippen LogP contribution in [-0.2, 0) is 9.53 Å². The van der Waals surface area contributed by atoms with E-state index >= 15 is 0 Å². The summed E-state index contributed by atoms with van der Waals surface area (Å²) >= 11 is 0. The number of hydrogen-bond donors (Lipinski definition) is 0. The maximum atomic E-state index is 11.1. The molecule has 0 bridgehead atoms. The van der Waals surface area contributed by atoms with E-state index < -0.39 is 0 Å². The van der Waals surface area contributed by atoms with Crippen molar-refractivity contribution >= 4 is 5.97 Å². The van der Waals surface area contributed by atoms with Crippen LogP contribution >= 0.6 is 0 Å². The van der Waals surface area contributed by atoms with Crippen LogP contribution in [0.5, 0.6) is 17.2 Å². The molecule has 0 aliphatic heterocycles. The molecule has 2 aromatic carbocycles.